The molecule has 1 atom stereocenters. The van der Waals surface area contributed by atoms with Crippen molar-refractivity contribution in [1.29, 1.82) is 0 Å². The number of phenolic OH excluding ortho intramolecular Hbond substituents is 1. The summed E-state index contributed by atoms with van der Waals surface area (Å²) in [6.45, 7) is 1.70. The first kappa shape index (κ1) is 23.5. The number of nitrogens with zero attached hydrogens (tertiary/aromatic N) is 1. The molecule has 2 aromatic carbocycles. The standard InChI is InChI=1S/C24H19Cl2NO7/c1-11-8-9-16(34-11)19-17(21(30)24(31)27(19)14-6-4-5-7-15(14)28)20(29)12-10-13(25)23(33-3)18(26)22(12)32-2/h4-10,19,28-29H,1-3H3/b20-17+. The number of rotatable bonds is 5. The van der Waals surface area contributed by atoms with Crippen molar-refractivity contribution >= 4 is 46.3 Å². The van der Waals surface area contributed by atoms with Crippen molar-refractivity contribution in [2.45, 2.75) is 13.0 Å². The summed E-state index contributed by atoms with van der Waals surface area (Å²) in [6, 6.07) is 9.40. The predicted octanol–water partition coefficient (Wildman–Crippen LogP) is 5.24. The number of carbonyl (C=O) groups excluding carboxylic acids is 2. The van der Waals surface area contributed by atoms with Crippen molar-refractivity contribution in [2.24, 2.45) is 0 Å². The van der Waals surface area contributed by atoms with Gasteiger partial charge in [-0.15, -0.1) is 0 Å². The highest BCUT2D eigenvalue weighted by molar-refractivity contribution is 6.52. The van der Waals surface area contributed by atoms with Crippen molar-refractivity contribution in [1.82, 2.24) is 0 Å². The van der Waals surface area contributed by atoms with Gasteiger partial charge in [0.15, 0.2) is 11.5 Å². The number of hydrogen-bond acceptors (Lipinski definition) is 7. The Morgan fingerprint density at radius 3 is 2.32 bits per heavy atom. The van der Waals surface area contributed by atoms with Gasteiger partial charge in [-0.1, -0.05) is 35.3 Å². The summed E-state index contributed by atoms with van der Waals surface area (Å²) in [5, 5.41) is 21.8. The van der Waals surface area contributed by atoms with Crippen LogP contribution in [0.15, 0.2) is 52.5 Å². The van der Waals surface area contributed by atoms with Crippen molar-refractivity contribution in [3.8, 4) is 17.2 Å². The molecule has 0 spiro atoms. The van der Waals surface area contributed by atoms with Crippen LogP contribution in [0.25, 0.3) is 5.76 Å². The molecule has 0 aliphatic carbocycles. The fraction of sp³-hybridized carbons (Fsp3) is 0.167. The lowest BCUT2D eigenvalue weighted by atomic mass is 9.98. The topological polar surface area (TPSA) is 109 Å². The van der Waals surface area contributed by atoms with E-state index in [1.165, 1.54) is 32.4 Å². The average molecular weight is 504 g/mol. The molecule has 3 aromatic rings. The molecular formula is C24H19Cl2NO7. The van der Waals surface area contributed by atoms with Crippen LogP contribution < -0.4 is 14.4 Å². The van der Waals surface area contributed by atoms with Gasteiger partial charge in [0.2, 0.25) is 0 Å². The average Bonchev–Trinajstić information content (AvgIpc) is 3.34. The monoisotopic (exact) mass is 503 g/mol. The second kappa shape index (κ2) is 8.96. The number of anilines is 1. The SMILES string of the molecule is COc1c(Cl)cc(/C(O)=C2\C(=O)C(=O)N(c3ccccc3O)C2c2ccc(C)o2)c(OC)c1Cl. The number of aliphatic hydroxyl groups is 1. The quantitative estimate of drug-likeness (QED) is 0.278. The third kappa shape index (κ3) is 3.65. The molecule has 10 heteroatoms. The largest absolute Gasteiger partial charge is 0.507 e. The molecule has 4 rings (SSSR count). The van der Waals surface area contributed by atoms with Crippen molar-refractivity contribution in [2.75, 3.05) is 19.1 Å². The third-order valence-electron chi connectivity index (χ3n) is 5.41. The molecule has 34 heavy (non-hydrogen) atoms. The number of ketones is 1. The maximum Gasteiger partial charge on any atom is 0.300 e. The molecule has 0 bridgehead atoms. The van der Waals surface area contributed by atoms with E-state index < -0.39 is 23.5 Å². The molecule has 1 saturated heterocycles. The number of benzene rings is 2. The number of phenols is 1. The first-order chi connectivity index (χ1) is 16.2. The lowest BCUT2D eigenvalue weighted by Crippen LogP contribution is -2.29. The van der Waals surface area contributed by atoms with Crippen LogP contribution in [0.3, 0.4) is 0 Å². The summed E-state index contributed by atoms with van der Waals surface area (Å²) in [5.74, 6) is -1.95. The smallest absolute Gasteiger partial charge is 0.300 e. The summed E-state index contributed by atoms with van der Waals surface area (Å²) in [7, 11) is 2.68. The van der Waals surface area contributed by atoms with E-state index in [1.54, 1.807) is 31.2 Å². The minimum absolute atomic E-state index is 0.0106. The number of para-hydroxylation sites is 2. The molecule has 1 aliphatic heterocycles. The Kier molecular flexibility index (Phi) is 6.20. The van der Waals surface area contributed by atoms with Crippen LogP contribution in [-0.2, 0) is 9.59 Å². The minimum atomic E-state index is -1.19. The van der Waals surface area contributed by atoms with E-state index in [0.29, 0.717) is 5.76 Å². The van der Waals surface area contributed by atoms with Crippen LogP contribution in [0.2, 0.25) is 10.0 Å². The van der Waals surface area contributed by atoms with E-state index in [9.17, 15) is 19.8 Å². The van der Waals surface area contributed by atoms with Gasteiger partial charge < -0.3 is 24.1 Å². The molecule has 8 nitrogen and oxygen atoms in total. The van der Waals surface area contributed by atoms with E-state index in [0.717, 1.165) is 4.90 Å². The number of aryl methyl sites for hydroxylation is 1. The number of ether oxygens (including phenoxy) is 2. The van der Waals surface area contributed by atoms with Crippen LogP contribution in [0.5, 0.6) is 17.2 Å². The Hall–Kier alpha value is -3.62. The summed E-state index contributed by atoms with van der Waals surface area (Å²) < 4.78 is 16.3. The molecule has 1 aromatic heterocycles. The maximum atomic E-state index is 13.2. The van der Waals surface area contributed by atoms with E-state index in [1.807, 2.05) is 0 Å². The van der Waals surface area contributed by atoms with E-state index in [4.69, 9.17) is 37.1 Å². The van der Waals surface area contributed by atoms with Crippen LogP contribution in [0.1, 0.15) is 23.1 Å². The molecule has 2 heterocycles. The third-order valence-corrected chi connectivity index (χ3v) is 6.04. The van der Waals surface area contributed by atoms with Crippen molar-refractivity contribution in [3.63, 3.8) is 0 Å². The molecule has 2 N–H and O–H groups in total. The number of furan rings is 1. The highest BCUT2D eigenvalue weighted by Gasteiger charge is 2.49. The molecule has 0 radical (unpaired) electrons. The Morgan fingerprint density at radius 1 is 1.06 bits per heavy atom. The Labute approximate surface area is 204 Å². The Balaban J connectivity index is 2.02. The Morgan fingerprint density at radius 2 is 1.74 bits per heavy atom. The molecule has 1 amide bonds. The summed E-state index contributed by atoms with van der Waals surface area (Å²) in [6.07, 6.45) is 0. The zero-order valence-electron chi connectivity index (χ0n) is 18.3. The van der Waals surface area contributed by atoms with Gasteiger partial charge in [0.25, 0.3) is 11.7 Å². The number of carbonyl (C=O) groups is 2. The summed E-state index contributed by atoms with van der Waals surface area (Å²) in [5.41, 5.74) is -0.250. The highest BCUT2D eigenvalue weighted by atomic mass is 35.5. The number of hydrogen-bond donors (Lipinski definition) is 2. The summed E-state index contributed by atoms with van der Waals surface area (Å²) in [4.78, 5) is 27.5. The molecule has 1 aliphatic rings. The molecule has 1 unspecified atom stereocenters. The fourth-order valence-corrected chi connectivity index (χ4v) is 4.60. The van der Waals surface area contributed by atoms with Gasteiger partial charge in [0.05, 0.1) is 36.1 Å². The van der Waals surface area contributed by atoms with Crippen LogP contribution in [-0.4, -0.2) is 36.1 Å². The first-order valence-corrected chi connectivity index (χ1v) is 10.7. The molecular weight excluding hydrogens is 485 g/mol. The van der Waals surface area contributed by atoms with Crippen LogP contribution >= 0.6 is 23.2 Å². The summed E-state index contributed by atoms with van der Waals surface area (Å²) >= 11 is 12.6. The van der Waals surface area contributed by atoms with Gasteiger partial charge in [0.1, 0.15) is 34.1 Å². The molecule has 1 fully saturated rings. The number of amides is 1. The highest BCUT2D eigenvalue weighted by Crippen LogP contribution is 2.49. The number of halogens is 2. The van der Waals surface area contributed by atoms with E-state index in [2.05, 4.69) is 0 Å². The second-order valence-corrected chi connectivity index (χ2v) is 8.18. The van der Waals surface area contributed by atoms with Crippen LogP contribution in [0, 0.1) is 6.92 Å². The van der Waals surface area contributed by atoms with Gasteiger partial charge in [-0.2, -0.15) is 0 Å². The number of methoxy groups -OCH3 is 2. The second-order valence-electron chi connectivity index (χ2n) is 7.39. The van der Waals surface area contributed by atoms with Crippen molar-refractivity contribution < 1.29 is 33.7 Å². The van der Waals surface area contributed by atoms with Gasteiger partial charge in [0, 0.05) is 0 Å². The predicted molar refractivity (Wildman–Crippen MR) is 126 cm³/mol. The lowest BCUT2D eigenvalue weighted by Gasteiger charge is -2.24. The number of aromatic hydroxyl groups is 1. The first-order valence-electron chi connectivity index (χ1n) is 9.96. The van der Waals surface area contributed by atoms with E-state index >= 15 is 0 Å². The lowest BCUT2D eigenvalue weighted by molar-refractivity contribution is -0.132. The number of aliphatic hydroxyl groups excluding tert-OH is 1. The zero-order valence-corrected chi connectivity index (χ0v) is 19.8. The maximum absolute atomic E-state index is 13.2. The van der Waals surface area contributed by atoms with Gasteiger partial charge in [-0.25, -0.2) is 0 Å². The van der Waals surface area contributed by atoms with Gasteiger partial charge in [-0.3, -0.25) is 14.5 Å². The van der Waals surface area contributed by atoms with Gasteiger partial charge >= 0.3 is 0 Å². The van der Waals surface area contributed by atoms with Crippen LogP contribution in [0.4, 0.5) is 5.69 Å². The number of Topliss-reactive ketones (excluding diaryl/α,β-unsaturated/α-hetero) is 1. The molecule has 176 valence electrons. The fourth-order valence-electron chi connectivity index (χ4n) is 3.91. The van der Waals surface area contributed by atoms with Gasteiger partial charge in [-0.05, 0) is 37.3 Å². The normalized spacial score (nSPS) is 17.3. The zero-order chi connectivity index (χ0) is 24.7. The minimum Gasteiger partial charge on any atom is -0.507 e. The van der Waals surface area contributed by atoms with Crippen molar-refractivity contribution in [3.05, 3.63) is 75.2 Å². The Bertz CT molecular complexity index is 1350. The molecule has 0 saturated carbocycles. The van der Waals surface area contributed by atoms with E-state index in [-0.39, 0.29) is 49.9 Å².